The Kier molecular flexibility index (Phi) is 13.5. The molecule has 0 aromatic carbocycles. The molecule has 3 aliphatic rings. The second-order valence-corrected chi connectivity index (χ2v) is 13.9. The first-order valence-corrected chi connectivity index (χ1v) is 17.6. The van der Waals surface area contributed by atoms with Crippen LogP contribution in [-0.4, -0.2) is 9.97 Å². The second kappa shape index (κ2) is 17.0. The van der Waals surface area contributed by atoms with Crippen LogP contribution in [0.25, 0.3) is 0 Å². The van der Waals surface area contributed by atoms with Crippen molar-refractivity contribution >= 4 is 0 Å². The number of aromatic nitrogens is 2. The summed E-state index contributed by atoms with van der Waals surface area (Å²) in [7, 11) is 0. The molecular formula is C36H62N2. The minimum absolute atomic E-state index is 0.614. The first-order chi connectivity index (χ1) is 18.8. The maximum Gasteiger partial charge on any atom is 0.131 e. The highest BCUT2D eigenvalue weighted by Crippen LogP contribution is 2.44. The van der Waals surface area contributed by atoms with Gasteiger partial charge in [-0.3, -0.25) is 0 Å². The van der Waals surface area contributed by atoms with E-state index < -0.39 is 0 Å². The van der Waals surface area contributed by atoms with Crippen molar-refractivity contribution < 1.29 is 0 Å². The van der Waals surface area contributed by atoms with Gasteiger partial charge in [0.05, 0.1) is 0 Å². The Morgan fingerprint density at radius 2 is 0.921 bits per heavy atom. The Labute approximate surface area is 237 Å². The molecule has 0 radical (unpaired) electrons. The molecule has 3 fully saturated rings. The fourth-order valence-electron chi connectivity index (χ4n) is 8.42. The summed E-state index contributed by atoms with van der Waals surface area (Å²) in [6, 6.07) is 0. The lowest BCUT2D eigenvalue weighted by Gasteiger charge is -2.38. The van der Waals surface area contributed by atoms with Gasteiger partial charge in [0.2, 0.25) is 0 Å². The van der Waals surface area contributed by atoms with Gasteiger partial charge in [-0.05, 0) is 99.4 Å². The predicted molar refractivity (Wildman–Crippen MR) is 164 cm³/mol. The molecule has 38 heavy (non-hydrogen) atoms. The van der Waals surface area contributed by atoms with Crippen LogP contribution in [0.4, 0.5) is 0 Å². The summed E-state index contributed by atoms with van der Waals surface area (Å²) in [6.45, 7) is 4.63. The molecule has 3 aliphatic carbocycles. The van der Waals surface area contributed by atoms with E-state index in [9.17, 15) is 0 Å². The van der Waals surface area contributed by atoms with Crippen molar-refractivity contribution in [2.24, 2.45) is 23.7 Å². The summed E-state index contributed by atoms with van der Waals surface area (Å²) in [5.41, 5.74) is 1.43. The van der Waals surface area contributed by atoms with E-state index in [4.69, 9.17) is 9.97 Å². The Balaban J connectivity index is 1.10. The quantitative estimate of drug-likeness (QED) is 0.214. The third kappa shape index (κ3) is 9.62. The fraction of sp³-hybridized carbons (Fsp3) is 0.889. The van der Waals surface area contributed by atoms with E-state index in [1.54, 1.807) is 0 Å². The van der Waals surface area contributed by atoms with Gasteiger partial charge in [-0.15, -0.1) is 0 Å². The van der Waals surface area contributed by atoms with E-state index in [-0.39, 0.29) is 0 Å². The molecular weight excluding hydrogens is 460 g/mol. The van der Waals surface area contributed by atoms with Crippen molar-refractivity contribution in [3.8, 4) is 0 Å². The minimum Gasteiger partial charge on any atom is -0.241 e. The molecule has 0 spiro atoms. The number of hydrogen-bond donors (Lipinski definition) is 0. The summed E-state index contributed by atoms with van der Waals surface area (Å²) < 4.78 is 0. The summed E-state index contributed by atoms with van der Waals surface area (Å²) in [5.74, 6) is 6.50. The van der Waals surface area contributed by atoms with Crippen molar-refractivity contribution in [3.05, 3.63) is 23.8 Å². The van der Waals surface area contributed by atoms with E-state index in [0.717, 1.165) is 29.5 Å². The molecule has 0 bridgehead atoms. The topological polar surface area (TPSA) is 25.8 Å². The Bertz CT molecular complexity index is 718. The van der Waals surface area contributed by atoms with Gasteiger partial charge in [-0.2, -0.15) is 0 Å². The highest BCUT2D eigenvalue weighted by atomic mass is 14.9. The van der Waals surface area contributed by atoms with Gasteiger partial charge >= 0.3 is 0 Å². The molecule has 1 aromatic rings. The summed E-state index contributed by atoms with van der Waals surface area (Å²) >= 11 is 0. The molecule has 216 valence electrons. The molecule has 4 rings (SSSR count). The second-order valence-electron chi connectivity index (χ2n) is 13.9. The lowest BCUT2D eigenvalue weighted by Crippen LogP contribution is -2.25. The summed E-state index contributed by atoms with van der Waals surface area (Å²) in [6.07, 6.45) is 38.9. The average molecular weight is 523 g/mol. The number of rotatable bonds is 15. The molecule has 3 saturated carbocycles. The fourth-order valence-corrected chi connectivity index (χ4v) is 8.42. The largest absolute Gasteiger partial charge is 0.241 e. The third-order valence-electron chi connectivity index (χ3n) is 11.1. The van der Waals surface area contributed by atoms with Crippen LogP contribution in [0.5, 0.6) is 0 Å². The number of unbranched alkanes of at least 4 members (excludes halogenated alkanes) is 8. The van der Waals surface area contributed by atoms with Crippen LogP contribution in [0.2, 0.25) is 0 Å². The molecule has 0 atom stereocenters. The maximum absolute atomic E-state index is 4.93. The first-order valence-electron chi connectivity index (χ1n) is 17.6. The smallest absolute Gasteiger partial charge is 0.131 e. The van der Waals surface area contributed by atoms with Crippen molar-refractivity contribution in [3.63, 3.8) is 0 Å². The van der Waals surface area contributed by atoms with Crippen LogP contribution in [0.3, 0.4) is 0 Å². The van der Waals surface area contributed by atoms with Crippen LogP contribution in [0.15, 0.2) is 12.4 Å². The van der Waals surface area contributed by atoms with Gasteiger partial charge < -0.3 is 0 Å². The van der Waals surface area contributed by atoms with Gasteiger partial charge in [0, 0.05) is 18.3 Å². The number of hydrogen-bond acceptors (Lipinski definition) is 2. The highest BCUT2D eigenvalue weighted by Gasteiger charge is 2.31. The van der Waals surface area contributed by atoms with Gasteiger partial charge in [0.15, 0.2) is 0 Å². The molecule has 1 aromatic heterocycles. The lowest BCUT2D eigenvalue weighted by atomic mass is 9.68. The standard InChI is InChI=1S/C36H62N2/c1-3-5-7-8-9-10-12-14-30-15-19-31(20-16-30)32-23-25-33(26-24-32)35-27-37-36(38-28-35)34-21-17-29(18-22-34)13-11-6-4-2/h27-34H,3-26H2,1-2H3. The zero-order chi connectivity index (χ0) is 26.4. The molecule has 0 unspecified atom stereocenters. The van der Waals surface area contributed by atoms with Crippen molar-refractivity contribution in [2.45, 2.75) is 180 Å². The van der Waals surface area contributed by atoms with Gasteiger partial charge in [0.1, 0.15) is 5.82 Å². The molecule has 0 aliphatic heterocycles. The molecule has 2 nitrogen and oxygen atoms in total. The molecule has 2 heteroatoms. The van der Waals surface area contributed by atoms with E-state index >= 15 is 0 Å². The van der Waals surface area contributed by atoms with E-state index in [1.807, 2.05) is 0 Å². The maximum atomic E-state index is 4.93. The zero-order valence-corrected chi connectivity index (χ0v) is 25.5. The van der Waals surface area contributed by atoms with E-state index in [1.165, 1.54) is 160 Å². The van der Waals surface area contributed by atoms with Crippen molar-refractivity contribution in [1.29, 1.82) is 0 Å². The summed E-state index contributed by atoms with van der Waals surface area (Å²) in [5, 5.41) is 0. The Morgan fingerprint density at radius 1 is 0.500 bits per heavy atom. The highest BCUT2D eigenvalue weighted by molar-refractivity contribution is 5.14. The van der Waals surface area contributed by atoms with Crippen LogP contribution >= 0.6 is 0 Å². The minimum atomic E-state index is 0.614. The predicted octanol–water partition coefficient (Wildman–Crippen LogP) is 11.6. The first kappa shape index (κ1) is 30.0. The van der Waals surface area contributed by atoms with Crippen LogP contribution in [0.1, 0.15) is 191 Å². The van der Waals surface area contributed by atoms with E-state index in [2.05, 4.69) is 26.2 Å². The lowest BCUT2D eigenvalue weighted by molar-refractivity contribution is 0.155. The van der Waals surface area contributed by atoms with Gasteiger partial charge in [0.25, 0.3) is 0 Å². The van der Waals surface area contributed by atoms with Crippen molar-refractivity contribution in [1.82, 2.24) is 9.97 Å². The van der Waals surface area contributed by atoms with Gasteiger partial charge in [-0.1, -0.05) is 104 Å². The average Bonchev–Trinajstić information content (AvgIpc) is 2.98. The monoisotopic (exact) mass is 522 g/mol. The van der Waals surface area contributed by atoms with Gasteiger partial charge in [-0.25, -0.2) is 9.97 Å². The van der Waals surface area contributed by atoms with Crippen LogP contribution in [0, 0.1) is 23.7 Å². The third-order valence-corrected chi connectivity index (χ3v) is 11.1. The molecule has 0 saturated heterocycles. The zero-order valence-electron chi connectivity index (χ0n) is 25.5. The SMILES string of the molecule is CCCCCCCCCC1CCC(C2CCC(c3cnc(C4CCC(CCCCC)CC4)nc3)CC2)CC1. The molecule has 0 N–H and O–H groups in total. The molecule has 0 amide bonds. The number of nitrogens with zero attached hydrogens (tertiary/aromatic N) is 2. The normalized spacial score (nSPS) is 30.4. The molecule has 1 heterocycles. The Morgan fingerprint density at radius 3 is 1.50 bits per heavy atom. The van der Waals surface area contributed by atoms with Crippen molar-refractivity contribution in [2.75, 3.05) is 0 Å². The van der Waals surface area contributed by atoms with Crippen LogP contribution in [-0.2, 0) is 0 Å². The Hall–Kier alpha value is -0.920. The van der Waals surface area contributed by atoms with E-state index in [0.29, 0.717) is 11.8 Å². The summed E-state index contributed by atoms with van der Waals surface area (Å²) in [4.78, 5) is 9.87. The van der Waals surface area contributed by atoms with Crippen LogP contribution < -0.4 is 0 Å².